The van der Waals surface area contributed by atoms with Gasteiger partial charge in [0.25, 0.3) is 0 Å². The second-order valence-corrected chi connectivity index (χ2v) is 8.41. The fourth-order valence-corrected chi connectivity index (χ4v) is 3.66. The molecule has 4 nitrogen and oxygen atoms in total. The van der Waals surface area contributed by atoms with E-state index in [0.29, 0.717) is 12.2 Å². The van der Waals surface area contributed by atoms with E-state index in [2.05, 4.69) is 46.4 Å². The average molecular weight is 366 g/mol. The fourth-order valence-electron chi connectivity index (χ4n) is 3.66. The number of benzene rings is 2. The molecule has 0 unspecified atom stereocenters. The summed E-state index contributed by atoms with van der Waals surface area (Å²) in [6.07, 6.45) is 0. The van der Waals surface area contributed by atoms with Gasteiger partial charge in [-0.15, -0.1) is 0 Å². The van der Waals surface area contributed by atoms with Crippen molar-refractivity contribution >= 4 is 11.5 Å². The molecule has 2 aromatic carbocycles. The molecule has 3 rings (SSSR count). The summed E-state index contributed by atoms with van der Waals surface area (Å²) >= 11 is 0. The standard InChI is InChI=1S/C23H26O4/c1-13-9-19-18(22(3,4)12-27-23(19,5)6)11-17(13)14(2)15-7-8-16(21(25)26)20(24)10-15/h7-11,24H,2,12H2,1,3-6H3,(H,25,26). The van der Waals surface area contributed by atoms with Crippen molar-refractivity contribution in [3.05, 3.63) is 70.3 Å². The number of aromatic carboxylic acids is 1. The predicted octanol–water partition coefficient (Wildman–Crippen LogP) is 5.00. The van der Waals surface area contributed by atoms with Gasteiger partial charge < -0.3 is 14.9 Å². The van der Waals surface area contributed by atoms with E-state index in [-0.39, 0.29) is 22.3 Å². The van der Waals surface area contributed by atoms with Gasteiger partial charge in [0.2, 0.25) is 0 Å². The summed E-state index contributed by atoms with van der Waals surface area (Å²) in [4.78, 5) is 11.1. The average Bonchev–Trinajstić information content (AvgIpc) is 2.57. The Morgan fingerprint density at radius 2 is 1.74 bits per heavy atom. The molecule has 0 aliphatic carbocycles. The van der Waals surface area contributed by atoms with Gasteiger partial charge in [-0.3, -0.25) is 0 Å². The first kappa shape index (κ1) is 19.2. The molecule has 1 heterocycles. The minimum Gasteiger partial charge on any atom is -0.507 e. The van der Waals surface area contributed by atoms with Gasteiger partial charge in [0.15, 0.2) is 0 Å². The van der Waals surface area contributed by atoms with Crippen LogP contribution in [0.3, 0.4) is 0 Å². The Morgan fingerprint density at radius 3 is 2.33 bits per heavy atom. The summed E-state index contributed by atoms with van der Waals surface area (Å²) in [5.41, 5.74) is 5.32. The second kappa shape index (κ2) is 6.24. The lowest BCUT2D eigenvalue weighted by molar-refractivity contribution is -0.0588. The van der Waals surface area contributed by atoms with Crippen LogP contribution in [0.5, 0.6) is 5.75 Å². The van der Waals surface area contributed by atoms with Crippen LogP contribution in [0.25, 0.3) is 5.57 Å². The lowest BCUT2D eigenvalue weighted by atomic mass is 9.73. The zero-order valence-corrected chi connectivity index (χ0v) is 16.5. The molecule has 27 heavy (non-hydrogen) atoms. The van der Waals surface area contributed by atoms with E-state index in [1.807, 2.05) is 6.92 Å². The Labute approximate surface area is 160 Å². The van der Waals surface area contributed by atoms with E-state index in [9.17, 15) is 9.90 Å². The molecule has 1 aliphatic heterocycles. The quantitative estimate of drug-likeness (QED) is 0.802. The largest absolute Gasteiger partial charge is 0.507 e. The molecule has 0 radical (unpaired) electrons. The number of carboxylic acids is 1. The van der Waals surface area contributed by atoms with Crippen LogP contribution in [-0.2, 0) is 15.8 Å². The van der Waals surface area contributed by atoms with E-state index in [1.165, 1.54) is 23.3 Å². The molecular formula is C23H26O4. The zero-order chi connectivity index (χ0) is 20.1. The molecular weight excluding hydrogens is 340 g/mol. The molecule has 4 heteroatoms. The minimum absolute atomic E-state index is 0.117. The predicted molar refractivity (Wildman–Crippen MR) is 106 cm³/mol. The first-order valence-corrected chi connectivity index (χ1v) is 8.99. The number of aromatic hydroxyl groups is 1. The van der Waals surface area contributed by atoms with Gasteiger partial charge in [-0.2, -0.15) is 0 Å². The molecule has 1 aliphatic rings. The number of carbonyl (C=O) groups is 1. The summed E-state index contributed by atoms with van der Waals surface area (Å²) in [6, 6.07) is 8.87. The summed E-state index contributed by atoms with van der Waals surface area (Å²) in [5, 5.41) is 19.1. The summed E-state index contributed by atoms with van der Waals surface area (Å²) in [5.74, 6) is -1.41. The third-order valence-corrected chi connectivity index (χ3v) is 5.44. The van der Waals surface area contributed by atoms with Crippen molar-refractivity contribution in [2.24, 2.45) is 0 Å². The van der Waals surface area contributed by atoms with Crippen molar-refractivity contribution in [1.82, 2.24) is 0 Å². The van der Waals surface area contributed by atoms with Crippen molar-refractivity contribution < 1.29 is 19.7 Å². The van der Waals surface area contributed by atoms with Gasteiger partial charge in [0.1, 0.15) is 11.3 Å². The van der Waals surface area contributed by atoms with E-state index >= 15 is 0 Å². The molecule has 2 N–H and O–H groups in total. The molecule has 0 fully saturated rings. The maximum absolute atomic E-state index is 11.1. The summed E-state index contributed by atoms with van der Waals surface area (Å²) in [6.45, 7) is 15.4. The van der Waals surface area contributed by atoms with Gasteiger partial charge >= 0.3 is 5.97 Å². The van der Waals surface area contributed by atoms with Gasteiger partial charge in [0.05, 0.1) is 12.2 Å². The number of rotatable bonds is 3. The van der Waals surface area contributed by atoms with E-state index in [1.54, 1.807) is 6.07 Å². The minimum atomic E-state index is -1.15. The van der Waals surface area contributed by atoms with E-state index in [4.69, 9.17) is 9.84 Å². The van der Waals surface area contributed by atoms with Gasteiger partial charge in [-0.1, -0.05) is 32.6 Å². The van der Waals surface area contributed by atoms with Gasteiger partial charge in [-0.05, 0) is 72.4 Å². The highest BCUT2D eigenvalue weighted by Crippen LogP contribution is 2.43. The highest BCUT2D eigenvalue weighted by Gasteiger charge is 2.38. The highest BCUT2D eigenvalue weighted by molar-refractivity contribution is 5.92. The topological polar surface area (TPSA) is 66.8 Å². The maximum Gasteiger partial charge on any atom is 0.339 e. The van der Waals surface area contributed by atoms with Gasteiger partial charge in [0, 0.05) is 5.41 Å². The van der Waals surface area contributed by atoms with E-state index < -0.39 is 5.97 Å². The van der Waals surface area contributed by atoms with Crippen molar-refractivity contribution in [1.29, 1.82) is 0 Å². The Kier molecular flexibility index (Phi) is 4.43. The van der Waals surface area contributed by atoms with Crippen LogP contribution in [0.2, 0.25) is 0 Å². The number of hydrogen-bond acceptors (Lipinski definition) is 3. The maximum atomic E-state index is 11.1. The Hall–Kier alpha value is -2.59. The van der Waals surface area contributed by atoms with E-state index in [0.717, 1.165) is 16.7 Å². The molecule has 0 atom stereocenters. The van der Waals surface area contributed by atoms with Crippen LogP contribution in [0, 0.1) is 6.92 Å². The van der Waals surface area contributed by atoms with Crippen LogP contribution in [0.1, 0.15) is 65.9 Å². The Balaban J connectivity index is 2.12. The highest BCUT2D eigenvalue weighted by atomic mass is 16.5. The Morgan fingerprint density at radius 1 is 1.07 bits per heavy atom. The molecule has 0 spiro atoms. The molecule has 0 aromatic heterocycles. The number of aryl methyl sites for hydroxylation is 1. The van der Waals surface area contributed by atoms with Crippen LogP contribution in [-0.4, -0.2) is 22.8 Å². The molecule has 0 saturated heterocycles. The zero-order valence-electron chi connectivity index (χ0n) is 16.5. The van der Waals surface area contributed by atoms with Crippen molar-refractivity contribution in [3.63, 3.8) is 0 Å². The molecule has 0 bridgehead atoms. The monoisotopic (exact) mass is 366 g/mol. The third kappa shape index (κ3) is 3.26. The molecule has 0 saturated carbocycles. The number of hydrogen-bond donors (Lipinski definition) is 2. The van der Waals surface area contributed by atoms with Gasteiger partial charge in [-0.25, -0.2) is 4.79 Å². The number of phenols is 1. The Bertz CT molecular complexity index is 951. The van der Waals surface area contributed by atoms with Crippen molar-refractivity contribution in [3.8, 4) is 5.75 Å². The number of ether oxygens (including phenoxy) is 1. The normalized spacial score (nSPS) is 17.2. The molecule has 142 valence electrons. The third-order valence-electron chi connectivity index (χ3n) is 5.44. The summed E-state index contributed by atoms with van der Waals surface area (Å²) in [7, 11) is 0. The van der Waals surface area contributed by atoms with Crippen LogP contribution in [0.15, 0.2) is 36.9 Å². The first-order chi connectivity index (χ1) is 12.4. The molecule has 2 aromatic rings. The van der Waals surface area contributed by atoms with Crippen molar-refractivity contribution in [2.45, 2.75) is 45.6 Å². The number of fused-ring (bicyclic) bond motifs is 1. The second-order valence-electron chi connectivity index (χ2n) is 8.41. The van der Waals surface area contributed by atoms with Crippen LogP contribution < -0.4 is 0 Å². The fraction of sp³-hybridized carbons (Fsp3) is 0.348. The first-order valence-electron chi connectivity index (χ1n) is 8.99. The number of carboxylic acid groups (broad SMARTS) is 1. The van der Waals surface area contributed by atoms with Crippen molar-refractivity contribution in [2.75, 3.05) is 6.61 Å². The lowest BCUT2D eigenvalue weighted by Crippen LogP contribution is -2.40. The molecule has 0 amide bonds. The lowest BCUT2D eigenvalue weighted by Gasteiger charge is -2.42. The van der Waals surface area contributed by atoms with Crippen LogP contribution >= 0.6 is 0 Å². The van der Waals surface area contributed by atoms with Crippen LogP contribution in [0.4, 0.5) is 0 Å². The smallest absolute Gasteiger partial charge is 0.339 e. The SMILES string of the molecule is C=C(c1ccc(C(=O)O)c(O)c1)c1cc2c(cc1C)C(C)(C)OCC2(C)C. The summed E-state index contributed by atoms with van der Waals surface area (Å²) < 4.78 is 6.09.